The van der Waals surface area contributed by atoms with Crippen LogP contribution in [-0.2, 0) is 13.0 Å². The van der Waals surface area contributed by atoms with E-state index in [2.05, 4.69) is 38.1 Å². The fourth-order valence-electron chi connectivity index (χ4n) is 5.12. The molecule has 0 radical (unpaired) electrons. The average molecular weight is 520 g/mol. The number of carbonyl (C=O) groups excluding carboxylic acids is 1. The monoisotopic (exact) mass is 519 g/mol. The molecular formula is C29H43F2N3O3. The first-order chi connectivity index (χ1) is 17.1. The Kier molecular flexibility index (Phi) is 9.04. The first-order valence-electron chi connectivity index (χ1n) is 13.3. The Morgan fingerprint density at radius 1 is 1.19 bits per heavy atom. The van der Waals surface area contributed by atoms with Crippen LogP contribution in [0, 0.1) is 24.2 Å². The Bertz CT molecular complexity index is 1080. The zero-order chi connectivity index (χ0) is 27.5. The Balaban J connectivity index is 1.99. The van der Waals surface area contributed by atoms with Gasteiger partial charge in [-0.15, -0.1) is 0 Å². The number of amides is 1. The molecule has 0 spiro atoms. The number of ether oxygens (including phenoxy) is 1. The molecule has 0 atom stereocenters. The standard InChI is InChI=1S/C29H43F2N3O3/c1-18-8-10-20(11-9-18)16-32-26(35)24-19(2)25(34(33-24)17-29(6,7)36)22-13-12-21(15-28(3,4)5)14-23(22)37-27(30)31/h12-14,18,20,27,36H,8-11,15-17H2,1-7H3,(H,32,35). The lowest BCUT2D eigenvalue weighted by Gasteiger charge is -2.26. The first kappa shape index (κ1) is 29.1. The normalized spacial score (nSPS) is 18.8. The van der Waals surface area contributed by atoms with Crippen molar-refractivity contribution in [1.82, 2.24) is 15.1 Å². The molecule has 1 aromatic heterocycles. The molecule has 0 saturated heterocycles. The third kappa shape index (κ3) is 8.25. The molecule has 1 aliphatic carbocycles. The number of aliphatic hydroxyl groups is 1. The van der Waals surface area contributed by atoms with Crippen LogP contribution in [0.5, 0.6) is 5.75 Å². The number of hydrogen-bond acceptors (Lipinski definition) is 4. The summed E-state index contributed by atoms with van der Waals surface area (Å²) in [5, 5.41) is 18.1. The van der Waals surface area contributed by atoms with Crippen LogP contribution < -0.4 is 10.1 Å². The SMILES string of the molecule is Cc1c(C(=O)NCC2CCC(C)CC2)nn(CC(C)(C)O)c1-c1ccc(CC(C)(C)C)cc1OC(F)F. The average Bonchev–Trinajstić information content (AvgIpc) is 3.06. The molecule has 6 nitrogen and oxygen atoms in total. The highest BCUT2D eigenvalue weighted by molar-refractivity contribution is 5.95. The molecule has 0 bridgehead atoms. The minimum absolute atomic E-state index is 0.0278. The van der Waals surface area contributed by atoms with E-state index in [-0.39, 0.29) is 29.3 Å². The van der Waals surface area contributed by atoms with E-state index in [1.165, 1.54) is 17.5 Å². The molecule has 1 aromatic carbocycles. The van der Waals surface area contributed by atoms with Crippen molar-refractivity contribution in [3.63, 3.8) is 0 Å². The predicted octanol–water partition coefficient (Wildman–Crippen LogP) is 6.38. The van der Waals surface area contributed by atoms with Gasteiger partial charge in [-0.1, -0.05) is 46.6 Å². The van der Waals surface area contributed by atoms with Gasteiger partial charge in [-0.2, -0.15) is 13.9 Å². The van der Waals surface area contributed by atoms with Crippen molar-refractivity contribution in [2.24, 2.45) is 17.3 Å². The van der Waals surface area contributed by atoms with E-state index in [1.54, 1.807) is 32.9 Å². The van der Waals surface area contributed by atoms with Crippen molar-refractivity contribution in [2.75, 3.05) is 6.54 Å². The summed E-state index contributed by atoms with van der Waals surface area (Å²) >= 11 is 0. The quantitative estimate of drug-likeness (QED) is 0.403. The predicted molar refractivity (Wildman–Crippen MR) is 142 cm³/mol. The van der Waals surface area contributed by atoms with Gasteiger partial charge < -0.3 is 15.2 Å². The summed E-state index contributed by atoms with van der Waals surface area (Å²) in [6, 6.07) is 5.27. The molecule has 206 valence electrons. The second-order valence-corrected chi connectivity index (χ2v) is 12.6. The molecule has 8 heteroatoms. The van der Waals surface area contributed by atoms with E-state index in [0.717, 1.165) is 24.3 Å². The lowest BCUT2D eigenvalue weighted by atomic mass is 9.83. The van der Waals surface area contributed by atoms with Gasteiger partial charge in [0.1, 0.15) is 5.75 Å². The molecule has 0 unspecified atom stereocenters. The molecule has 37 heavy (non-hydrogen) atoms. The van der Waals surface area contributed by atoms with E-state index in [9.17, 15) is 18.7 Å². The third-order valence-corrected chi connectivity index (χ3v) is 6.88. The lowest BCUT2D eigenvalue weighted by Crippen LogP contribution is -2.32. The van der Waals surface area contributed by atoms with Crippen LogP contribution in [0.1, 0.15) is 88.8 Å². The number of halogens is 2. The molecule has 2 N–H and O–H groups in total. The van der Waals surface area contributed by atoms with Gasteiger partial charge in [-0.25, -0.2) is 0 Å². The van der Waals surface area contributed by atoms with E-state index in [4.69, 9.17) is 4.74 Å². The van der Waals surface area contributed by atoms with Gasteiger partial charge in [0, 0.05) is 17.7 Å². The second kappa shape index (κ2) is 11.5. The minimum Gasteiger partial charge on any atom is -0.434 e. The minimum atomic E-state index is -3.00. The van der Waals surface area contributed by atoms with E-state index in [0.29, 0.717) is 35.7 Å². The summed E-state index contributed by atoms with van der Waals surface area (Å²) < 4.78 is 33.4. The number of carbonyl (C=O) groups is 1. The summed E-state index contributed by atoms with van der Waals surface area (Å²) in [5.74, 6) is 0.904. The van der Waals surface area contributed by atoms with E-state index < -0.39 is 12.2 Å². The van der Waals surface area contributed by atoms with Crippen LogP contribution in [0.2, 0.25) is 0 Å². The summed E-state index contributed by atoms with van der Waals surface area (Å²) in [6.45, 7) is 11.2. The van der Waals surface area contributed by atoms with Gasteiger partial charge in [0.15, 0.2) is 5.69 Å². The van der Waals surface area contributed by atoms with Crippen molar-refractivity contribution < 1.29 is 23.4 Å². The molecule has 2 aromatic rings. The molecule has 1 heterocycles. The zero-order valence-electron chi connectivity index (χ0n) is 23.3. The van der Waals surface area contributed by atoms with Crippen molar-refractivity contribution in [3.05, 3.63) is 35.0 Å². The van der Waals surface area contributed by atoms with Crippen molar-refractivity contribution in [3.8, 4) is 17.0 Å². The first-order valence-corrected chi connectivity index (χ1v) is 13.3. The number of aromatic nitrogens is 2. The summed E-state index contributed by atoms with van der Waals surface area (Å²) in [4.78, 5) is 13.2. The zero-order valence-corrected chi connectivity index (χ0v) is 23.3. The smallest absolute Gasteiger partial charge is 0.387 e. The van der Waals surface area contributed by atoms with Gasteiger partial charge in [0.2, 0.25) is 0 Å². The third-order valence-electron chi connectivity index (χ3n) is 6.88. The Morgan fingerprint density at radius 3 is 2.41 bits per heavy atom. The highest BCUT2D eigenvalue weighted by atomic mass is 19.3. The maximum Gasteiger partial charge on any atom is 0.387 e. The van der Waals surface area contributed by atoms with Crippen LogP contribution in [0.15, 0.2) is 18.2 Å². The van der Waals surface area contributed by atoms with Crippen molar-refractivity contribution >= 4 is 5.91 Å². The Labute approximate surface area is 219 Å². The van der Waals surface area contributed by atoms with Crippen LogP contribution in [0.4, 0.5) is 8.78 Å². The van der Waals surface area contributed by atoms with Crippen LogP contribution in [-0.4, -0.2) is 39.6 Å². The topological polar surface area (TPSA) is 76.4 Å². The molecule has 1 aliphatic rings. The van der Waals surface area contributed by atoms with Crippen molar-refractivity contribution in [1.29, 1.82) is 0 Å². The fraction of sp³-hybridized carbons (Fsp3) is 0.655. The highest BCUT2D eigenvalue weighted by Crippen LogP contribution is 2.37. The molecule has 1 saturated carbocycles. The number of nitrogens with zero attached hydrogens (tertiary/aromatic N) is 2. The van der Waals surface area contributed by atoms with Gasteiger partial charge in [-0.05, 0) is 75.0 Å². The van der Waals surface area contributed by atoms with Gasteiger partial charge >= 0.3 is 6.61 Å². The lowest BCUT2D eigenvalue weighted by molar-refractivity contribution is -0.0495. The maximum atomic E-state index is 13.4. The summed E-state index contributed by atoms with van der Waals surface area (Å²) in [7, 11) is 0. The maximum absolute atomic E-state index is 13.4. The molecule has 1 fully saturated rings. The molecule has 1 amide bonds. The van der Waals surface area contributed by atoms with Crippen LogP contribution >= 0.6 is 0 Å². The number of hydrogen-bond donors (Lipinski definition) is 2. The number of rotatable bonds is 9. The number of alkyl halides is 2. The molecular weight excluding hydrogens is 476 g/mol. The number of nitrogens with one attached hydrogen (secondary N) is 1. The Hall–Kier alpha value is -2.48. The van der Waals surface area contributed by atoms with Crippen LogP contribution in [0.25, 0.3) is 11.3 Å². The van der Waals surface area contributed by atoms with E-state index in [1.807, 2.05) is 6.07 Å². The Morgan fingerprint density at radius 2 is 1.84 bits per heavy atom. The molecule has 3 rings (SSSR count). The second-order valence-electron chi connectivity index (χ2n) is 12.6. The fourth-order valence-corrected chi connectivity index (χ4v) is 5.12. The molecule has 0 aliphatic heterocycles. The van der Waals surface area contributed by atoms with Crippen molar-refractivity contribution in [2.45, 2.75) is 99.3 Å². The van der Waals surface area contributed by atoms with Gasteiger partial charge in [0.25, 0.3) is 5.91 Å². The highest BCUT2D eigenvalue weighted by Gasteiger charge is 2.28. The summed E-state index contributed by atoms with van der Waals surface area (Å²) in [6.07, 6.45) is 5.20. The van der Waals surface area contributed by atoms with Crippen LogP contribution in [0.3, 0.4) is 0 Å². The largest absolute Gasteiger partial charge is 0.434 e. The van der Waals surface area contributed by atoms with Gasteiger partial charge in [0.05, 0.1) is 17.8 Å². The van der Waals surface area contributed by atoms with E-state index >= 15 is 0 Å². The number of benzene rings is 1. The van der Waals surface area contributed by atoms with Gasteiger partial charge in [-0.3, -0.25) is 9.48 Å². The summed E-state index contributed by atoms with van der Waals surface area (Å²) in [5.41, 5.74) is 1.37.